The van der Waals surface area contributed by atoms with Gasteiger partial charge in [0.15, 0.2) is 6.54 Å². The first-order valence-electron chi connectivity index (χ1n) is 9.14. The third kappa shape index (κ3) is 3.96. The van der Waals surface area contributed by atoms with Gasteiger partial charge in [-0.1, -0.05) is 0 Å². The zero-order chi connectivity index (χ0) is 20.4. The van der Waals surface area contributed by atoms with E-state index >= 15 is 0 Å². The molecule has 28 heavy (non-hydrogen) atoms. The van der Waals surface area contributed by atoms with Crippen molar-refractivity contribution in [1.29, 1.82) is 0 Å². The smallest absolute Gasteiger partial charge is 0.341 e. The predicted molar refractivity (Wildman–Crippen MR) is 109 cm³/mol. The van der Waals surface area contributed by atoms with Crippen molar-refractivity contribution in [2.24, 2.45) is 5.73 Å². The Labute approximate surface area is 171 Å². The van der Waals surface area contributed by atoms with Crippen molar-refractivity contribution in [3.63, 3.8) is 0 Å². The average Bonchev–Trinajstić information content (AvgIpc) is 3.22. The van der Waals surface area contributed by atoms with Crippen molar-refractivity contribution in [3.05, 3.63) is 37.9 Å². The zero-order valence-electron chi connectivity index (χ0n) is 16.1. The fourth-order valence-corrected chi connectivity index (χ4v) is 5.60. The monoisotopic (exact) mass is 422 g/mol. The summed E-state index contributed by atoms with van der Waals surface area (Å²) in [7, 11) is 0. The summed E-state index contributed by atoms with van der Waals surface area (Å²) in [5.74, 6) is -1.40. The largest absolute Gasteiger partial charge is 0.462 e. The molecule has 3 heterocycles. The molecule has 2 aromatic rings. The third-order valence-corrected chi connectivity index (χ3v) is 7.24. The van der Waals surface area contributed by atoms with Gasteiger partial charge in [-0.25, -0.2) is 4.79 Å². The Morgan fingerprint density at radius 2 is 2.14 bits per heavy atom. The molecule has 0 spiro atoms. The van der Waals surface area contributed by atoms with Gasteiger partial charge in [0, 0.05) is 16.9 Å². The lowest BCUT2D eigenvalue weighted by Crippen LogP contribution is -3.14. The molecule has 4 N–H and O–H groups in total. The lowest BCUT2D eigenvalue weighted by molar-refractivity contribution is -0.923. The molecule has 1 unspecified atom stereocenters. The molecule has 2 atom stereocenters. The molecule has 0 aliphatic carbocycles. The fraction of sp³-hybridized carbons (Fsp3) is 0.421. The summed E-state index contributed by atoms with van der Waals surface area (Å²) in [6.45, 7) is 6.81. The average molecular weight is 423 g/mol. The van der Waals surface area contributed by atoms with Crippen LogP contribution in [-0.2, 0) is 16.0 Å². The molecule has 150 valence electrons. The Kier molecular flexibility index (Phi) is 6.17. The quantitative estimate of drug-likeness (QED) is 0.615. The maximum Gasteiger partial charge on any atom is 0.341 e. The predicted octanol–water partition coefficient (Wildman–Crippen LogP) is 1.53. The van der Waals surface area contributed by atoms with Crippen LogP contribution in [0.5, 0.6) is 0 Å². The summed E-state index contributed by atoms with van der Waals surface area (Å²) >= 11 is 2.78. The second-order valence-corrected chi connectivity index (χ2v) is 8.77. The minimum absolute atomic E-state index is 0.200. The number of amides is 2. The summed E-state index contributed by atoms with van der Waals surface area (Å²) in [4.78, 5) is 39.5. The van der Waals surface area contributed by atoms with Crippen LogP contribution >= 0.6 is 22.7 Å². The van der Waals surface area contributed by atoms with E-state index in [1.165, 1.54) is 15.3 Å². The van der Waals surface area contributed by atoms with Gasteiger partial charge in [0.1, 0.15) is 11.0 Å². The zero-order valence-corrected chi connectivity index (χ0v) is 17.7. The molecule has 2 aromatic heterocycles. The van der Waals surface area contributed by atoms with E-state index in [2.05, 4.69) is 23.7 Å². The molecule has 9 heteroatoms. The number of rotatable bonds is 6. The van der Waals surface area contributed by atoms with Crippen molar-refractivity contribution in [1.82, 2.24) is 0 Å². The van der Waals surface area contributed by atoms with E-state index < -0.39 is 11.9 Å². The Hall–Kier alpha value is -2.23. The van der Waals surface area contributed by atoms with Crippen molar-refractivity contribution < 1.29 is 24.0 Å². The van der Waals surface area contributed by atoms with Crippen LogP contribution < -0.4 is 16.0 Å². The van der Waals surface area contributed by atoms with Gasteiger partial charge in [-0.15, -0.1) is 22.7 Å². The van der Waals surface area contributed by atoms with E-state index in [1.54, 1.807) is 25.2 Å². The minimum Gasteiger partial charge on any atom is -0.462 e. The van der Waals surface area contributed by atoms with Gasteiger partial charge < -0.3 is 20.7 Å². The molecule has 0 saturated carbocycles. The lowest BCUT2D eigenvalue weighted by atomic mass is 10.0. The highest BCUT2D eigenvalue weighted by molar-refractivity contribution is 7.18. The molecule has 0 saturated heterocycles. The number of hydrogen-bond donors (Lipinski definition) is 3. The molecular formula is C19H24N3O4S2+. The highest BCUT2D eigenvalue weighted by atomic mass is 32.1. The van der Waals surface area contributed by atoms with E-state index in [0.29, 0.717) is 10.6 Å². The van der Waals surface area contributed by atoms with E-state index in [4.69, 9.17) is 10.5 Å². The van der Waals surface area contributed by atoms with Crippen LogP contribution in [0.25, 0.3) is 0 Å². The van der Waals surface area contributed by atoms with Crippen LogP contribution in [0.15, 0.2) is 11.4 Å². The molecule has 3 rings (SSSR count). The first-order valence-corrected chi connectivity index (χ1v) is 10.8. The molecule has 0 fully saturated rings. The standard InChI is InChI=1S/C19H23N3O4S2/c1-4-26-19(25)15-10(2)16(17(20)24)28-18(15)21-14(23)9-22-7-5-13-12(11(22)3)6-8-27-13/h6,8,11H,4-5,7,9H2,1-3H3,(H2,20,24)(H,21,23)/p+1/t11-/m0/s1. The summed E-state index contributed by atoms with van der Waals surface area (Å²) in [5, 5.41) is 5.21. The summed E-state index contributed by atoms with van der Waals surface area (Å²) < 4.78 is 5.08. The van der Waals surface area contributed by atoms with Crippen LogP contribution in [0, 0.1) is 6.92 Å². The molecular weight excluding hydrogens is 398 g/mol. The SMILES string of the molecule is CCOC(=O)c1c(NC(=O)C[NH+]2CCc3sccc3[C@@H]2C)sc(C(N)=O)c1C. The van der Waals surface area contributed by atoms with Crippen LogP contribution in [0.2, 0.25) is 0 Å². The molecule has 2 amide bonds. The second-order valence-electron chi connectivity index (χ2n) is 6.75. The fourth-order valence-electron chi connectivity index (χ4n) is 3.55. The lowest BCUT2D eigenvalue weighted by Gasteiger charge is -2.29. The number of nitrogens with two attached hydrogens (primary N) is 1. The minimum atomic E-state index is -0.631. The highest BCUT2D eigenvalue weighted by Gasteiger charge is 2.31. The summed E-state index contributed by atoms with van der Waals surface area (Å²) in [5.41, 5.74) is 7.35. The van der Waals surface area contributed by atoms with E-state index in [0.717, 1.165) is 24.3 Å². The molecule has 1 aliphatic rings. The maximum atomic E-state index is 12.7. The number of anilines is 1. The van der Waals surface area contributed by atoms with Gasteiger partial charge in [-0.3, -0.25) is 9.59 Å². The third-order valence-electron chi connectivity index (χ3n) is 5.02. The molecule has 1 aliphatic heterocycles. The number of quaternary nitrogens is 1. The number of carbonyl (C=O) groups is 3. The number of ether oxygens (including phenoxy) is 1. The number of fused-ring (bicyclic) bond motifs is 1. The van der Waals surface area contributed by atoms with Crippen molar-refractivity contribution in [2.75, 3.05) is 25.0 Å². The van der Waals surface area contributed by atoms with Gasteiger partial charge >= 0.3 is 5.97 Å². The first-order chi connectivity index (χ1) is 13.3. The molecule has 0 bridgehead atoms. The van der Waals surface area contributed by atoms with Crippen LogP contribution in [-0.4, -0.2) is 37.5 Å². The van der Waals surface area contributed by atoms with E-state index in [1.807, 2.05) is 0 Å². The van der Waals surface area contributed by atoms with Crippen LogP contribution in [0.3, 0.4) is 0 Å². The Balaban J connectivity index is 1.77. The van der Waals surface area contributed by atoms with Gasteiger partial charge in [0.05, 0.1) is 23.6 Å². The first kappa shape index (κ1) is 20.5. The van der Waals surface area contributed by atoms with Crippen molar-refractivity contribution in [3.8, 4) is 0 Å². The summed E-state index contributed by atoms with van der Waals surface area (Å²) in [6, 6.07) is 2.36. The summed E-state index contributed by atoms with van der Waals surface area (Å²) in [6.07, 6.45) is 0.956. The van der Waals surface area contributed by atoms with E-state index in [9.17, 15) is 14.4 Å². The normalized spacial score (nSPS) is 18.4. The number of hydrogen-bond acceptors (Lipinski definition) is 6. The Morgan fingerprint density at radius 1 is 1.39 bits per heavy atom. The molecule has 7 nitrogen and oxygen atoms in total. The van der Waals surface area contributed by atoms with Gasteiger partial charge in [-0.2, -0.15) is 0 Å². The number of thiophene rings is 2. The highest BCUT2D eigenvalue weighted by Crippen LogP contribution is 2.33. The van der Waals surface area contributed by atoms with Gasteiger partial charge in [0.25, 0.3) is 11.8 Å². The van der Waals surface area contributed by atoms with Gasteiger partial charge in [0.2, 0.25) is 0 Å². The number of primary amides is 1. The number of nitrogens with one attached hydrogen (secondary N) is 2. The van der Waals surface area contributed by atoms with Gasteiger partial charge in [-0.05, 0) is 37.8 Å². The van der Waals surface area contributed by atoms with Crippen molar-refractivity contribution >= 4 is 45.5 Å². The second kappa shape index (κ2) is 8.42. The van der Waals surface area contributed by atoms with Crippen LogP contribution in [0.4, 0.5) is 5.00 Å². The van der Waals surface area contributed by atoms with Crippen LogP contribution in [0.1, 0.15) is 55.9 Å². The number of esters is 1. The van der Waals surface area contributed by atoms with E-state index in [-0.39, 0.29) is 35.5 Å². The number of carbonyl (C=O) groups excluding carboxylic acids is 3. The molecule has 0 aromatic carbocycles. The Bertz CT molecular complexity index is 918. The Morgan fingerprint density at radius 3 is 2.82 bits per heavy atom. The maximum absolute atomic E-state index is 12.7. The van der Waals surface area contributed by atoms with Crippen molar-refractivity contribution in [2.45, 2.75) is 33.2 Å². The molecule has 0 radical (unpaired) electrons. The topological polar surface area (TPSA) is 103 Å².